The van der Waals surface area contributed by atoms with Crippen molar-refractivity contribution < 1.29 is 24.2 Å². The minimum atomic E-state index is -0.441. The van der Waals surface area contributed by atoms with Gasteiger partial charge in [0.25, 0.3) is 0 Å². The van der Waals surface area contributed by atoms with Crippen molar-refractivity contribution in [3.8, 4) is 0 Å². The van der Waals surface area contributed by atoms with Crippen molar-refractivity contribution in [3.05, 3.63) is 0 Å². The number of aliphatic hydroxyl groups is 1. The third-order valence-corrected chi connectivity index (χ3v) is 5.09. The summed E-state index contributed by atoms with van der Waals surface area (Å²) in [4.78, 5) is 27.3. The van der Waals surface area contributed by atoms with E-state index in [1.807, 2.05) is 46.4 Å². The van der Waals surface area contributed by atoms with Crippen LogP contribution in [0.5, 0.6) is 0 Å². The number of nitrogens with zero attached hydrogens (tertiary/aromatic N) is 2. The third-order valence-electron chi connectivity index (χ3n) is 5.09. The van der Waals surface area contributed by atoms with E-state index in [0.29, 0.717) is 12.5 Å². The molecule has 2 atom stereocenters. The standard InChI is InChI=1S/C12H23NO2.C11H21NO3/c1-5-7-10-8-6-9-13(10)11(14)15-12(2,3)4;1-11(2,3)15-10(14)12-7-4-5-9(12)6-8-13/h10H,5-9H2,1-4H3;9,13H,4-8H2,1-3H3/t10-;9-/m10/s1. The SMILES string of the molecule is CC(C)(C)OC(=O)N1CCC[C@H]1CCO.CCC[C@@H]1CCCN1C(=O)OC(C)(C)C. The van der Waals surface area contributed by atoms with Crippen LogP contribution in [0, 0.1) is 0 Å². The van der Waals surface area contributed by atoms with Crippen molar-refractivity contribution in [2.45, 2.75) is 117 Å². The first kappa shape index (κ1) is 26.5. The van der Waals surface area contributed by atoms with Crippen molar-refractivity contribution in [1.82, 2.24) is 9.80 Å². The first-order chi connectivity index (χ1) is 13.9. The lowest BCUT2D eigenvalue weighted by atomic mass is 10.1. The molecule has 0 unspecified atom stereocenters. The maximum absolute atomic E-state index is 11.8. The zero-order valence-electron chi connectivity index (χ0n) is 20.2. The first-order valence-corrected chi connectivity index (χ1v) is 11.5. The van der Waals surface area contributed by atoms with Gasteiger partial charge < -0.3 is 24.4 Å². The van der Waals surface area contributed by atoms with Gasteiger partial charge >= 0.3 is 12.2 Å². The number of hydrogen-bond acceptors (Lipinski definition) is 5. The Labute approximate surface area is 183 Å². The molecule has 30 heavy (non-hydrogen) atoms. The Morgan fingerprint density at radius 2 is 1.23 bits per heavy atom. The van der Waals surface area contributed by atoms with Gasteiger partial charge in [0.15, 0.2) is 0 Å². The molecule has 7 heteroatoms. The molecule has 0 aromatic rings. The summed E-state index contributed by atoms with van der Waals surface area (Å²) >= 11 is 0. The van der Waals surface area contributed by atoms with Gasteiger partial charge in [-0.15, -0.1) is 0 Å². The minimum absolute atomic E-state index is 0.129. The average Bonchev–Trinajstić information content (AvgIpc) is 3.22. The van der Waals surface area contributed by atoms with Crippen LogP contribution in [0.2, 0.25) is 0 Å². The second-order valence-electron chi connectivity index (χ2n) is 10.2. The van der Waals surface area contributed by atoms with Crippen LogP contribution in [0.1, 0.15) is 93.4 Å². The molecule has 2 rings (SSSR count). The molecule has 2 saturated heterocycles. The molecule has 7 nitrogen and oxygen atoms in total. The van der Waals surface area contributed by atoms with Crippen molar-refractivity contribution in [2.24, 2.45) is 0 Å². The smallest absolute Gasteiger partial charge is 0.410 e. The minimum Gasteiger partial charge on any atom is -0.444 e. The summed E-state index contributed by atoms with van der Waals surface area (Å²) in [6.07, 6.45) is 6.71. The van der Waals surface area contributed by atoms with E-state index in [1.54, 1.807) is 4.90 Å². The molecule has 0 aliphatic carbocycles. The molecule has 2 aliphatic rings. The maximum atomic E-state index is 11.8. The normalized spacial score (nSPS) is 21.9. The Morgan fingerprint density at radius 3 is 1.57 bits per heavy atom. The summed E-state index contributed by atoms with van der Waals surface area (Å²) in [5.74, 6) is 0. The lowest BCUT2D eigenvalue weighted by Gasteiger charge is -2.28. The molecule has 1 N–H and O–H groups in total. The first-order valence-electron chi connectivity index (χ1n) is 11.5. The molecule has 0 radical (unpaired) electrons. The van der Waals surface area contributed by atoms with E-state index in [-0.39, 0.29) is 30.4 Å². The van der Waals surface area contributed by atoms with Crippen molar-refractivity contribution >= 4 is 12.2 Å². The summed E-state index contributed by atoms with van der Waals surface area (Å²) in [6.45, 7) is 15.2. The zero-order valence-corrected chi connectivity index (χ0v) is 20.2. The van der Waals surface area contributed by atoms with Gasteiger partial charge in [0.05, 0.1) is 0 Å². The molecular weight excluding hydrogens is 384 g/mol. The number of likely N-dealkylation sites (tertiary alicyclic amines) is 2. The van der Waals surface area contributed by atoms with Crippen molar-refractivity contribution in [2.75, 3.05) is 19.7 Å². The molecule has 0 spiro atoms. The van der Waals surface area contributed by atoms with E-state index in [0.717, 1.165) is 51.6 Å². The largest absolute Gasteiger partial charge is 0.444 e. The molecule has 0 saturated carbocycles. The molecule has 0 bridgehead atoms. The fourth-order valence-corrected chi connectivity index (χ4v) is 3.88. The van der Waals surface area contributed by atoms with Crippen LogP contribution in [-0.2, 0) is 9.47 Å². The summed E-state index contributed by atoms with van der Waals surface area (Å²) < 4.78 is 10.7. The van der Waals surface area contributed by atoms with Gasteiger partial charge in [-0.3, -0.25) is 0 Å². The van der Waals surface area contributed by atoms with E-state index < -0.39 is 5.60 Å². The number of aliphatic hydroxyl groups excluding tert-OH is 1. The summed E-state index contributed by atoms with van der Waals surface area (Å²) in [7, 11) is 0. The van der Waals surface area contributed by atoms with Gasteiger partial charge in [-0.05, 0) is 80.1 Å². The second kappa shape index (κ2) is 11.8. The van der Waals surface area contributed by atoms with E-state index in [2.05, 4.69) is 6.92 Å². The molecular formula is C23H44N2O5. The Kier molecular flexibility index (Phi) is 10.4. The quantitative estimate of drug-likeness (QED) is 0.685. The van der Waals surface area contributed by atoms with Crippen molar-refractivity contribution in [1.29, 1.82) is 0 Å². The highest BCUT2D eigenvalue weighted by atomic mass is 16.6. The van der Waals surface area contributed by atoms with E-state index in [1.165, 1.54) is 0 Å². The monoisotopic (exact) mass is 428 g/mol. The Hall–Kier alpha value is -1.50. The van der Waals surface area contributed by atoms with Gasteiger partial charge in [0, 0.05) is 31.8 Å². The lowest BCUT2D eigenvalue weighted by molar-refractivity contribution is 0.0202. The summed E-state index contributed by atoms with van der Waals surface area (Å²) in [5, 5.41) is 8.88. The van der Waals surface area contributed by atoms with Crippen LogP contribution in [-0.4, -0.2) is 70.1 Å². The van der Waals surface area contributed by atoms with E-state index in [9.17, 15) is 9.59 Å². The van der Waals surface area contributed by atoms with E-state index >= 15 is 0 Å². The highest BCUT2D eigenvalue weighted by Crippen LogP contribution is 2.24. The van der Waals surface area contributed by atoms with Crippen LogP contribution in [0.3, 0.4) is 0 Å². The molecule has 2 fully saturated rings. The number of amides is 2. The summed E-state index contributed by atoms with van der Waals surface area (Å²) in [6, 6.07) is 0.565. The second-order valence-corrected chi connectivity index (χ2v) is 10.2. The highest BCUT2D eigenvalue weighted by Gasteiger charge is 2.32. The van der Waals surface area contributed by atoms with Gasteiger partial charge in [-0.1, -0.05) is 13.3 Å². The lowest BCUT2D eigenvalue weighted by Crippen LogP contribution is -2.40. The molecule has 176 valence electrons. The predicted octanol–water partition coefficient (Wildman–Crippen LogP) is 4.95. The fraction of sp³-hybridized carbons (Fsp3) is 0.913. The molecule has 2 amide bonds. The maximum Gasteiger partial charge on any atom is 0.410 e. The zero-order chi connectivity index (χ0) is 22.9. The van der Waals surface area contributed by atoms with Crippen LogP contribution in [0.4, 0.5) is 9.59 Å². The van der Waals surface area contributed by atoms with Gasteiger partial charge in [-0.25, -0.2) is 9.59 Å². The molecule has 0 aromatic carbocycles. The number of carbonyl (C=O) groups excluding carboxylic acids is 2. The van der Waals surface area contributed by atoms with Crippen LogP contribution in [0.15, 0.2) is 0 Å². The number of ether oxygens (including phenoxy) is 2. The number of carbonyl (C=O) groups is 2. The van der Waals surface area contributed by atoms with E-state index in [4.69, 9.17) is 14.6 Å². The Morgan fingerprint density at radius 1 is 0.833 bits per heavy atom. The Balaban J connectivity index is 0.000000300. The van der Waals surface area contributed by atoms with Gasteiger partial charge in [0.2, 0.25) is 0 Å². The predicted molar refractivity (Wildman–Crippen MR) is 119 cm³/mol. The van der Waals surface area contributed by atoms with Gasteiger partial charge in [-0.2, -0.15) is 0 Å². The average molecular weight is 429 g/mol. The number of rotatable bonds is 4. The summed E-state index contributed by atoms with van der Waals surface area (Å²) in [5.41, 5.74) is -0.820. The van der Waals surface area contributed by atoms with Crippen LogP contribution in [0.25, 0.3) is 0 Å². The van der Waals surface area contributed by atoms with Gasteiger partial charge in [0.1, 0.15) is 11.2 Å². The van der Waals surface area contributed by atoms with Crippen LogP contribution >= 0.6 is 0 Å². The van der Waals surface area contributed by atoms with Crippen molar-refractivity contribution in [3.63, 3.8) is 0 Å². The molecule has 2 heterocycles. The molecule has 0 aromatic heterocycles. The molecule has 2 aliphatic heterocycles. The third kappa shape index (κ3) is 9.54. The topological polar surface area (TPSA) is 79.3 Å². The number of hydrogen-bond donors (Lipinski definition) is 1. The highest BCUT2D eigenvalue weighted by molar-refractivity contribution is 5.69. The Bertz CT molecular complexity index is 491. The van der Waals surface area contributed by atoms with Crippen LogP contribution < -0.4 is 0 Å². The fourth-order valence-electron chi connectivity index (χ4n) is 3.88.